The molecule has 0 radical (unpaired) electrons. The number of hydrogen-bond donors (Lipinski definition) is 1. The van der Waals surface area contributed by atoms with Crippen molar-refractivity contribution in [1.82, 2.24) is 15.1 Å². The van der Waals surface area contributed by atoms with Gasteiger partial charge < -0.3 is 5.32 Å². The quantitative estimate of drug-likeness (QED) is 0.880. The first-order valence-electron chi connectivity index (χ1n) is 7.59. The number of halogens is 1. The van der Waals surface area contributed by atoms with E-state index in [4.69, 9.17) is 0 Å². The molecule has 1 fully saturated rings. The monoisotopic (exact) mass is 327 g/mol. The zero-order valence-corrected chi connectivity index (χ0v) is 13.9. The molecule has 1 unspecified atom stereocenters. The van der Waals surface area contributed by atoms with Crippen molar-refractivity contribution in [2.24, 2.45) is 11.8 Å². The van der Waals surface area contributed by atoms with Gasteiger partial charge in [0.2, 0.25) is 0 Å². The highest BCUT2D eigenvalue weighted by Gasteiger charge is 2.30. The van der Waals surface area contributed by atoms with Crippen LogP contribution in [0.2, 0.25) is 0 Å². The van der Waals surface area contributed by atoms with E-state index >= 15 is 0 Å². The zero-order valence-electron chi connectivity index (χ0n) is 12.3. The van der Waals surface area contributed by atoms with Crippen LogP contribution in [0.5, 0.6) is 0 Å². The molecule has 1 aromatic heterocycles. The Morgan fingerprint density at radius 2 is 2.05 bits per heavy atom. The number of rotatable bonds is 5. The van der Waals surface area contributed by atoms with Gasteiger partial charge in [-0.2, -0.15) is 5.10 Å². The van der Waals surface area contributed by atoms with Gasteiger partial charge in [-0.25, -0.2) is 0 Å². The van der Waals surface area contributed by atoms with Crippen molar-refractivity contribution in [3.05, 3.63) is 16.4 Å². The molecule has 0 bridgehead atoms. The van der Waals surface area contributed by atoms with Crippen LogP contribution < -0.4 is 5.32 Å². The minimum Gasteiger partial charge on any atom is -0.311 e. The molecule has 0 amide bonds. The summed E-state index contributed by atoms with van der Waals surface area (Å²) in [4.78, 5) is 0. The first kappa shape index (κ1) is 15.0. The van der Waals surface area contributed by atoms with Gasteiger partial charge in [0.1, 0.15) is 0 Å². The fraction of sp³-hybridized carbons (Fsp3) is 0.800. The maximum absolute atomic E-state index is 4.46. The van der Waals surface area contributed by atoms with E-state index in [-0.39, 0.29) is 0 Å². The van der Waals surface area contributed by atoms with Crippen molar-refractivity contribution < 1.29 is 0 Å². The third-order valence-corrected chi connectivity index (χ3v) is 5.29. The zero-order chi connectivity index (χ0) is 13.8. The van der Waals surface area contributed by atoms with Gasteiger partial charge in [-0.3, -0.25) is 4.68 Å². The van der Waals surface area contributed by atoms with Crippen LogP contribution in [-0.2, 0) is 6.54 Å². The van der Waals surface area contributed by atoms with E-state index in [1.807, 2.05) is 6.20 Å². The van der Waals surface area contributed by atoms with Gasteiger partial charge in [0.05, 0.1) is 22.4 Å². The van der Waals surface area contributed by atoms with E-state index in [1.165, 1.54) is 37.8 Å². The Hall–Kier alpha value is -0.350. The third-order valence-electron chi connectivity index (χ3n) is 4.68. The number of hydrogen-bond acceptors (Lipinski definition) is 2. The van der Waals surface area contributed by atoms with E-state index in [0.29, 0.717) is 6.04 Å². The Morgan fingerprint density at radius 1 is 1.37 bits per heavy atom. The fourth-order valence-corrected chi connectivity index (χ4v) is 4.00. The molecule has 1 aromatic rings. The van der Waals surface area contributed by atoms with Gasteiger partial charge >= 0.3 is 0 Å². The van der Waals surface area contributed by atoms with Gasteiger partial charge in [-0.15, -0.1) is 0 Å². The Morgan fingerprint density at radius 3 is 2.58 bits per heavy atom. The van der Waals surface area contributed by atoms with E-state index in [1.54, 1.807) is 0 Å². The topological polar surface area (TPSA) is 29.9 Å². The molecule has 1 heterocycles. The van der Waals surface area contributed by atoms with Crippen LogP contribution in [0, 0.1) is 11.8 Å². The average molecular weight is 328 g/mol. The van der Waals surface area contributed by atoms with Crippen molar-refractivity contribution in [3.63, 3.8) is 0 Å². The third kappa shape index (κ3) is 3.22. The Labute approximate surface area is 125 Å². The van der Waals surface area contributed by atoms with Gasteiger partial charge in [0.25, 0.3) is 0 Å². The molecule has 1 aliphatic rings. The highest BCUT2D eigenvalue weighted by atomic mass is 79.9. The van der Waals surface area contributed by atoms with E-state index < -0.39 is 0 Å². The smallest absolute Gasteiger partial charge is 0.0698 e. The van der Waals surface area contributed by atoms with Gasteiger partial charge in [0, 0.05) is 6.54 Å². The molecule has 0 aromatic carbocycles. The average Bonchev–Trinajstić information content (AvgIpc) is 2.82. The maximum Gasteiger partial charge on any atom is 0.0698 e. The van der Waals surface area contributed by atoms with E-state index in [2.05, 4.69) is 51.9 Å². The molecule has 19 heavy (non-hydrogen) atoms. The minimum atomic E-state index is 0.426. The van der Waals surface area contributed by atoms with Crippen LogP contribution in [-0.4, -0.2) is 16.8 Å². The van der Waals surface area contributed by atoms with Crippen LogP contribution >= 0.6 is 15.9 Å². The summed E-state index contributed by atoms with van der Waals surface area (Å²) in [5.74, 6) is 1.69. The predicted molar refractivity (Wildman–Crippen MR) is 83.1 cm³/mol. The van der Waals surface area contributed by atoms with Crippen molar-refractivity contribution >= 4 is 15.9 Å². The van der Waals surface area contributed by atoms with Gasteiger partial charge in [-0.05, 0) is 54.6 Å². The Balaban J connectivity index is 2.14. The molecule has 108 valence electrons. The van der Waals surface area contributed by atoms with Crippen molar-refractivity contribution in [2.75, 3.05) is 7.05 Å². The van der Waals surface area contributed by atoms with E-state index in [9.17, 15) is 0 Å². The lowest BCUT2D eigenvalue weighted by Gasteiger charge is -2.34. The number of nitrogens with one attached hydrogen (secondary N) is 1. The van der Waals surface area contributed by atoms with Crippen LogP contribution in [0.3, 0.4) is 0 Å². The molecular weight excluding hydrogens is 302 g/mol. The Bertz CT molecular complexity index is 394. The minimum absolute atomic E-state index is 0.426. The van der Waals surface area contributed by atoms with Gasteiger partial charge in [-0.1, -0.05) is 26.2 Å². The standard InChI is InChI=1S/C15H26BrN3/c1-4-11-6-8-12(9-7-11)14(17-3)15-13(16)10-18-19(15)5-2/h10-12,14,17H,4-9H2,1-3H3. The number of aryl methyl sites for hydroxylation is 1. The summed E-state index contributed by atoms with van der Waals surface area (Å²) in [6.07, 6.45) is 8.72. The second-order valence-corrected chi connectivity index (χ2v) is 6.50. The lowest BCUT2D eigenvalue weighted by atomic mass is 9.77. The molecule has 4 heteroatoms. The summed E-state index contributed by atoms with van der Waals surface area (Å²) in [6.45, 7) is 5.41. The molecule has 1 saturated carbocycles. The van der Waals surface area contributed by atoms with E-state index in [0.717, 1.165) is 22.9 Å². The molecule has 0 saturated heterocycles. The summed E-state index contributed by atoms with van der Waals surface area (Å²) in [7, 11) is 2.08. The van der Waals surface area contributed by atoms with Crippen LogP contribution in [0.25, 0.3) is 0 Å². The summed E-state index contributed by atoms with van der Waals surface area (Å²) in [5.41, 5.74) is 1.32. The summed E-state index contributed by atoms with van der Waals surface area (Å²) in [6, 6.07) is 0.426. The lowest BCUT2D eigenvalue weighted by Crippen LogP contribution is -2.30. The van der Waals surface area contributed by atoms with Crippen LogP contribution in [0.4, 0.5) is 0 Å². The second-order valence-electron chi connectivity index (χ2n) is 5.65. The molecule has 3 nitrogen and oxygen atoms in total. The van der Waals surface area contributed by atoms with Crippen LogP contribution in [0.15, 0.2) is 10.7 Å². The highest BCUT2D eigenvalue weighted by Crippen LogP contribution is 2.39. The summed E-state index contributed by atoms with van der Waals surface area (Å²) >= 11 is 3.67. The number of aromatic nitrogens is 2. The molecule has 1 N–H and O–H groups in total. The summed E-state index contributed by atoms with van der Waals surface area (Å²) in [5, 5.41) is 7.99. The maximum atomic E-state index is 4.46. The second kappa shape index (κ2) is 6.89. The van der Waals surface area contributed by atoms with Crippen LogP contribution in [0.1, 0.15) is 57.7 Å². The van der Waals surface area contributed by atoms with Crippen molar-refractivity contribution in [2.45, 2.75) is 58.5 Å². The lowest BCUT2D eigenvalue weighted by molar-refractivity contribution is 0.218. The predicted octanol–water partition coefficient (Wildman–Crippen LogP) is 4.14. The fourth-order valence-electron chi connectivity index (χ4n) is 3.46. The normalized spacial score (nSPS) is 25.5. The SMILES string of the molecule is CCC1CCC(C(NC)c2c(Br)cnn2CC)CC1. The first-order chi connectivity index (χ1) is 9.21. The number of nitrogens with zero attached hydrogens (tertiary/aromatic N) is 2. The molecule has 1 atom stereocenters. The van der Waals surface area contributed by atoms with Crippen molar-refractivity contribution in [3.8, 4) is 0 Å². The molecule has 0 aliphatic heterocycles. The highest BCUT2D eigenvalue weighted by molar-refractivity contribution is 9.10. The molecule has 2 rings (SSSR count). The summed E-state index contributed by atoms with van der Waals surface area (Å²) < 4.78 is 3.27. The molecule has 1 aliphatic carbocycles. The Kier molecular flexibility index (Phi) is 5.46. The largest absolute Gasteiger partial charge is 0.311 e. The first-order valence-corrected chi connectivity index (χ1v) is 8.38. The molecular formula is C15H26BrN3. The molecule has 0 spiro atoms. The van der Waals surface area contributed by atoms with Gasteiger partial charge in [0.15, 0.2) is 0 Å². The van der Waals surface area contributed by atoms with Crippen molar-refractivity contribution in [1.29, 1.82) is 0 Å².